The van der Waals surface area contributed by atoms with E-state index in [2.05, 4.69) is 4.90 Å². The van der Waals surface area contributed by atoms with E-state index in [1.54, 1.807) is 0 Å². The van der Waals surface area contributed by atoms with Gasteiger partial charge in [0, 0.05) is 32.1 Å². The molecule has 5 heteroatoms. The Morgan fingerprint density at radius 1 is 1.71 bits per heavy atom. The van der Waals surface area contributed by atoms with Gasteiger partial charge in [0.15, 0.2) is 0 Å². The molecule has 2 atom stereocenters. The van der Waals surface area contributed by atoms with Gasteiger partial charge in [-0.25, -0.2) is 0 Å². The van der Waals surface area contributed by atoms with Crippen molar-refractivity contribution in [2.24, 2.45) is 11.5 Å². The van der Waals surface area contributed by atoms with Crippen molar-refractivity contribution in [3.63, 3.8) is 0 Å². The van der Waals surface area contributed by atoms with Crippen LogP contribution in [0.2, 0.25) is 0 Å². The molecule has 0 bridgehead atoms. The number of hydrogen-bond acceptors (Lipinski definition) is 4. The van der Waals surface area contributed by atoms with Crippen molar-refractivity contribution in [3.8, 4) is 0 Å². The maximum atomic E-state index is 10.6. The Kier molecular flexibility index (Phi) is 4.31. The highest BCUT2D eigenvalue weighted by Gasteiger charge is 2.23. The lowest BCUT2D eigenvalue weighted by Crippen LogP contribution is -2.50. The number of carbonyl (C=O) groups excluding carboxylic acids is 1. The number of primary amides is 1. The summed E-state index contributed by atoms with van der Waals surface area (Å²) in [6.07, 6.45) is 0.489. The predicted molar refractivity (Wildman–Crippen MR) is 53.6 cm³/mol. The summed E-state index contributed by atoms with van der Waals surface area (Å²) in [4.78, 5) is 12.8. The van der Waals surface area contributed by atoms with E-state index in [0.29, 0.717) is 19.6 Å². The van der Waals surface area contributed by atoms with Gasteiger partial charge in [0.2, 0.25) is 5.91 Å². The first-order valence-electron chi connectivity index (χ1n) is 4.97. The van der Waals surface area contributed by atoms with Gasteiger partial charge in [-0.2, -0.15) is 0 Å². The molecule has 0 aromatic heterocycles. The molecule has 0 radical (unpaired) electrons. The van der Waals surface area contributed by atoms with Gasteiger partial charge in [0.05, 0.1) is 12.7 Å². The van der Waals surface area contributed by atoms with Gasteiger partial charge in [-0.1, -0.05) is 0 Å². The lowest BCUT2D eigenvalue weighted by atomic mass is 10.1. The lowest BCUT2D eigenvalue weighted by Gasteiger charge is -2.34. The Morgan fingerprint density at radius 2 is 2.43 bits per heavy atom. The minimum atomic E-state index is -0.256. The molecule has 5 nitrogen and oxygen atoms in total. The summed E-state index contributed by atoms with van der Waals surface area (Å²) >= 11 is 0. The van der Waals surface area contributed by atoms with E-state index < -0.39 is 0 Å². The zero-order valence-electron chi connectivity index (χ0n) is 8.61. The monoisotopic (exact) mass is 201 g/mol. The van der Waals surface area contributed by atoms with Crippen molar-refractivity contribution < 1.29 is 9.53 Å². The van der Waals surface area contributed by atoms with Crippen LogP contribution in [0.1, 0.15) is 13.3 Å². The summed E-state index contributed by atoms with van der Waals surface area (Å²) in [5.74, 6) is -0.256. The molecule has 1 rings (SSSR count). The van der Waals surface area contributed by atoms with Crippen LogP contribution in [0.4, 0.5) is 0 Å². The highest BCUT2D eigenvalue weighted by atomic mass is 16.5. The summed E-state index contributed by atoms with van der Waals surface area (Å²) < 4.78 is 5.49. The molecule has 1 saturated heterocycles. The number of nitrogens with zero attached hydrogens (tertiary/aromatic N) is 1. The summed E-state index contributed by atoms with van der Waals surface area (Å²) in [6, 6.07) is 0.0337. The predicted octanol–water partition coefficient (Wildman–Crippen LogP) is -1.09. The van der Waals surface area contributed by atoms with E-state index in [9.17, 15) is 4.79 Å². The summed E-state index contributed by atoms with van der Waals surface area (Å²) in [7, 11) is 0. The van der Waals surface area contributed by atoms with Crippen LogP contribution in [-0.2, 0) is 9.53 Å². The number of carbonyl (C=O) groups is 1. The van der Waals surface area contributed by atoms with Gasteiger partial charge in [0.1, 0.15) is 0 Å². The van der Waals surface area contributed by atoms with Gasteiger partial charge in [-0.3, -0.25) is 9.69 Å². The van der Waals surface area contributed by atoms with Crippen LogP contribution in [0, 0.1) is 0 Å². The molecule has 1 heterocycles. The molecule has 14 heavy (non-hydrogen) atoms. The van der Waals surface area contributed by atoms with Crippen molar-refractivity contribution in [1.29, 1.82) is 0 Å². The van der Waals surface area contributed by atoms with Crippen LogP contribution in [0.15, 0.2) is 0 Å². The molecule has 1 aliphatic heterocycles. The maximum absolute atomic E-state index is 10.6. The first kappa shape index (κ1) is 11.4. The summed E-state index contributed by atoms with van der Waals surface area (Å²) in [5.41, 5.74) is 10.8. The fourth-order valence-electron chi connectivity index (χ4n) is 1.52. The number of morpholine rings is 1. The molecule has 82 valence electrons. The average molecular weight is 201 g/mol. The van der Waals surface area contributed by atoms with Crippen LogP contribution in [0.25, 0.3) is 0 Å². The zero-order valence-corrected chi connectivity index (χ0v) is 8.61. The third kappa shape index (κ3) is 3.61. The second-order valence-corrected chi connectivity index (χ2v) is 3.79. The van der Waals surface area contributed by atoms with E-state index in [0.717, 1.165) is 13.1 Å². The SMILES string of the molecule is CC(N)C1CN(CCC(N)=O)CCO1. The number of hydrogen-bond donors (Lipinski definition) is 2. The third-order valence-electron chi connectivity index (χ3n) is 2.44. The number of ether oxygens (including phenoxy) is 1. The molecule has 0 aromatic carbocycles. The van der Waals surface area contributed by atoms with Crippen molar-refractivity contribution >= 4 is 5.91 Å². The molecule has 0 spiro atoms. The van der Waals surface area contributed by atoms with Crippen molar-refractivity contribution in [2.75, 3.05) is 26.2 Å². The Labute approximate surface area is 84.4 Å². The van der Waals surface area contributed by atoms with Gasteiger partial charge in [0.25, 0.3) is 0 Å². The topological polar surface area (TPSA) is 81.6 Å². The van der Waals surface area contributed by atoms with Crippen LogP contribution in [0.3, 0.4) is 0 Å². The van der Waals surface area contributed by atoms with E-state index in [-0.39, 0.29) is 18.1 Å². The third-order valence-corrected chi connectivity index (χ3v) is 2.44. The first-order valence-corrected chi connectivity index (χ1v) is 4.97. The normalized spacial score (nSPS) is 26.0. The lowest BCUT2D eigenvalue weighted by molar-refractivity contribution is -0.118. The highest BCUT2D eigenvalue weighted by molar-refractivity contribution is 5.73. The standard InChI is InChI=1S/C9H19N3O2/c1-7(10)8-6-12(4-5-14-8)3-2-9(11)13/h7-8H,2-6,10H2,1H3,(H2,11,13). The molecule has 4 N–H and O–H groups in total. The first-order chi connectivity index (χ1) is 6.59. The molecule has 0 aliphatic carbocycles. The molecular formula is C9H19N3O2. The molecule has 1 fully saturated rings. The molecular weight excluding hydrogens is 182 g/mol. The number of amides is 1. The number of nitrogens with two attached hydrogens (primary N) is 2. The second kappa shape index (κ2) is 5.29. The van der Waals surface area contributed by atoms with Crippen LogP contribution >= 0.6 is 0 Å². The van der Waals surface area contributed by atoms with Crippen LogP contribution in [0.5, 0.6) is 0 Å². The molecule has 0 aromatic rings. The fourth-order valence-corrected chi connectivity index (χ4v) is 1.52. The largest absolute Gasteiger partial charge is 0.374 e. The Morgan fingerprint density at radius 3 is 3.00 bits per heavy atom. The highest BCUT2D eigenvalue weighted by Crippen LogP contribution is 2.07. The van der Waals surface area contributed by atoms with Gasteiger partial charge >= 0.3 is 0 Å². The van der Waals surface area contributed by atoms with Crippen molar-refractivity contribution in [3.05, 3.63) is 0 Å². The Hall–Kier alpha value is -0.650. The smallest absolute Gasteiger partial charge is 0.218 e. The maximum Gasteiger partial charge on any atom is 0.218 e. The van der Waals surface area contributed by atoms with Crippen molar-refractivity contribution in [1.82, 2.24) is 4.90 Å². The van der Waals surface area contributed by atoms with E-state index in [1.807, 2.05) is 6.92 Å². The minimum absolute atomic E-state index is 0.0337. The van der Waals surface area contributed by atoms with E-state index in [4.69, 9.17) is 16.2 Å². The second-order valence-electron chi connectivity index (χ2n) is 3.79. The van der Waals surface area contributed by atoms with Crippen LogP contribution in [-0.4, -0.2) is 49.2 Å². The average Bonchev–Trinajstić information content (AvgIpc) is 2.15. The Balaban J connectivity index is 2.29. The van der Waals surface area contributed by atoms with Crippen LogP contribution < -0.4 is 11.5 Å². The van der Waals surface area contributed by atoms with Gasteiger partial charge < -0.3 is 16.2 Å². The molecule has 0 saturated carbocycles. The number of rotatable bonds is 4. The molecule has 1 aliphatic rings. The Bertz CT molecular complexity index is 196. The molecule has 2 unspecified atom stereocenters. The van der Waals surface area contributed by atoms with E-state index >= 15 is 0 Å². The zero-order chi connectivity index (χ0) is 10.6. The fraction of sp³-hybridized carbons (Fsp3) is 0.889. The quantitative estimate of drug-likeness (QED) is 0.605. The van der Waals surface area contributed by atoms with E-state index in [1.165, 1.54) is 0 Å². The summed E-state index contributed by atoms with van der Waals surface area (Å²) in [5, 5.41) is 0. The van der Waals surface area contributed by atoms with Crippen molar-refractivity contribution in [2.45, 2.75) is 25.5 Å². The molecule has 1 amide bonds. The van der Waals surface area contributed by atoms with Gasteiger partial charge in [-0.15, -0.1) is 0 Å². The van der Waals surface area contributed by atoms with Gasteiger partial charge in [-0.05, 0) is 6.92 Å². The minimum Gasteiger partial charge on any atom is -0.374 e. The summed E-state index contributed by atoms with van der Waals surface area (Å²) in [6.45, 7) is 4.98.